The molecule has 1 aliphatic carbocycles. The van der Waals surface area contributed by atoms with Crippen LogP contribution in [0.1, 0.15) is 51.1 Å². The van der Waals surface area contributed by atoms with Crippen LogP contribution in [0.4, 0.5) is 11.5 Å². The van der Waals surface area contributed by atoms with Crippen molar-refractivity contribution in [1.29, 1.82) is 5.26 Å². The topological polar surface area (TPSA) is 130 Å². The van der Waals surface area contributed by atoms with E-state index in [1.54, 1.807) is 22.6 Å². The zero-order valence-electron chi connectivity index (χ0n) is 18.7. The van der Waals surface area contributed by atoms with E-state index in [1.807, 2.05) is 30.7 Å². The molecule has 0 radical (unpaired) electrons. The molecule has 1 fully saturated rings. The van der Waals surface area contributed by atoms with Crippen LogP contribution < -0.4 is 10.9 Å². The first kappa shape index (κ1) is 22.0. The van der Waals surface area contributed by atoms with Gasteiger partial charge in [-0.1, -0.05) is 12.8 Å². The van der Waals surface area contributed by atoms with Crippen molar-refractivity contribution >= 4 is 33.2 Å². The average molecular weight is 469 g/mol. The number of benzene rings is 1. The van der Waals surface area contributed by atoms with Gasteiger partial charge in [0.2, 0.25) is 0 Å². The van der Waals surface area contributed by atoms with Crippen LogP contribution >= 0.6 is 10.8 Å². The van der Waals surface area contributed by atoms with Gasteiger partial charge in [-0.15, -0.1) is 10.8 Å². The molecule has 0 amide bonds. The van der Waals surface area contributed by atoms with Crippen LogP contribution in [0.2, 0.25) is 0 Å². The second-order valence-electron chi connectivity index (χ2n) is 9.08. The van der Waals surface area contributed by atoms with Gasteiger partial charge in [0, 0.05) is 24.5 Å². The first-order valence-electron chi connectivity index (χ1n) is 11.3. The number of rotatable bonds is 4. The summed E-state index contributed by atoms with van der Waals surface area (Å²) in [5.41, 5.74) is 2.01. The molecule has 1 aliphatic heterocycles. The lowest BCUT2D eigenvalue weighted by molar-refractivity contribution is 0.277. The summed E-state index contributed by atoms with van der Waals surface area (Å²) in [5, 5.41) is 18.2. The number of aromatic nitrogens is 3. The summed E-state index contributed by atoms with van der Waals surface area (Å²) in [5.74, 6) is 0.292. The lowest BCUT2D eigenvalue weighted by Gasteiger charge is -2.39. The van der Waals surface area contributed by atoms with Crippen molar-refractivity contribution in [3.8, 4) is 6.07 Å². The fourth-order valence-corrected chi connectivity index (χ4v) is 6.93. The lowest BCUT2D eigenvalue weighted by atomic mass is 9.85. The van der Waals surface area contributed by atoms with Gasteiger partial charge >= 0.3 is 0 Å². The largest absolute Gasteiger partial charge is 0.338 e. The zero-order valence-corrected chi connectivity index (χ0v) is 19.5. The van der Waals surface area contributed by atoms with Crippen LogP contribution in [0.25, 0.3) is 10.9 Å². The zero-order chi connectivity index (χ0) is 23.3. The summed E-state index contributed by atoms with van der Waals surface area (Å²) < 4.78 is 24.9. The molecule has 4 N–H and O–H groups in total. The molecule has 33 heavy (non-hydrogen) atoms. The molecule has 2 aliphatic rings. The van der Waals surface area contributed by atoms with Crippen molar-refractivity contribution in [1.82, 2.24) is 19.1 Å². The van der Waals surface area contributed by atoms with E-state index < -0.39 is 10.8 Å². The van der Waals surface area contributed by atoms with Crippen molar-refractivity contribution in [3.05, 3.63) is 46.4 Å². The summed E-state index contributed by atoms with van der Waals surface area (Å²) in [6.45, 7) is 4.31. The molecule has 9 nitrogen and oxygen atoms in total. The molecule has 0 bridgehead atoms. The minimum atomic E-state index is -3.00. The van der Waals surface area contributed by atoms with Gasteiger partial charge in [-0.3, -0.25) is 18.6 Å². The number of H-pyrrole nitrogens is 1. The third kappa shape index (κ3) is 3.61. The van der Waals surface area contributed by atoms with Gasteiger partial charge in [0.1, 0.15) is 5.39 Å². The molecule has 3 heterocycles. The number of aromatic amines is 1. The highest BCUT2D eigenvalue weighted by Gasteiger charge is 2.37. The Hall–Kier alpha value is -2.84. The Balaban J connectivity index is 1.54. The first-order valence-corrected chi connectivity index (χ1v) is 12.8. The third-order valence-corrected chi connectivity index (χ3v) is 8.88. The van der Waals surface area contributed by atoms with Gasteiger partial charge < -0.3 is 10.3 Å². The second-order valence-corrected chi connectivity index (χ2v) is 11.0. The molecule has 2 atom stereocenters. The Morgan fingerprint density at radius 3 is 2.82 bits per heavy atom. The molecule has 5 rings (SSSR count). The first-order chi connectivity index (χ1) is 15.8. The maximum absolute atomic E-state index is 12.7. The summed E-state index contributed by atoms with van der Waals surface area (Å²) in [4.78, 5) is 16.0. The Morgan fingerprint density at radius 2 is 2.06 bits per heavy atom. The molecule has 174 valence electrons. The molecule has 10 heteroatoms. The van der Waals surface area contributed by atoms with Crippen molar-refractivity contribution in [2.45, 2.75) is 63.1 Å². The predicted octanol–water partition coefficient (Wildman–Crippen LogP) is 4.97. The van der Waals surface area contributed by atoms with E-state index >= 15 is 0 Å². The normalized spacial score (nSPS) is 23.4. The Bertz CT molecular complexity index is 1310. The van der Waals surface area contributed by atoms with Crippen LogP contribution in [0, 0.1) is 17.2 Å². The van der Waals surface area contributed by atoms with Crippen molar-refractivity contribution in [3.63, 3.8) is 0 Å². The minimum Gasteiger partial charge on any atom is -0.338 e. The van der Waals surface area contributed by atoms with E-state index in [1.165, 1.54) is 0 Å². The number of nitrogens with one attached hydrogen (secondary N) is 2. The quantitative estimate of drug-likeness (QED) is 0.425. The number of nitriles is 1. The van der Waals surface area contributed by atoms with Gasteiger partial charge in [0.15, 0.2) is 5.82 Å². The predicted molar refractivity (Wildman–Crippen MR) is 128 cm³/mol. The van der Waals surface area contributed by atoms with E-state index in [9.17, 15) is 19.2 Å². The number of hydrogen-bond acceptors (Lipinski definition) is 7. The summed E-state index contributed by atoms with van der Waals surface area (Å²) in [7, 11) is -3.00. The fraction of sp³-hybridized carbons (Fsp3) is 0.435. The van der Waals surface area contributed by atoms with E-state index in [4.69, 9.17) is 5.10 Å². The summed E-state index contributed by atoms with van der Waals surface area (Å²) >= 11 is 0. The van der Waals surface area contributed by atoms with E-state index in [0.29, 0.717) is 33.8 Å². The van der Waals surface area contributed by atoms with Crippen molar-refractivity contribution in [2.24, 2.45) is 5.92 Å². The number of pyridine rings is 1. The number of fused-ring (bicyclic) bond motifs is 2. The van der Waals surface area contributed by atoms with Crippen LogP contribution in [-0.2, 0) is 6.54 Å². The maximum Gasteiger partial charge on any atom is 0.261 e. The van der Waals surface area contributed by atoms with Gasteiger partial charge in [0.05, 0.1) is 28.4 Å². The van der Waals surface area contributed by atoms with Crippen molar-refractivity contribution < 1.29 is 9.11 Å². The second kappa shape index (κ2) is 8.18. The summed E-state index contributed by atoms with van der Waals surface area (Å²) in [6, 6.07) is 9.55. The van der Waals surface area contributed by atoms with Gasteiger partial charge in [-0.05, 0) is 56.5 Å². The highest BCUT2D eigenvalue weighted by molar-refractivity contribution is 8.22. The molecular weight excluding hydrogens is 440 g/mol. The molecule has 0 unspecified atom stereocenters. The van der Waals surface area contributed by atoms with E-state index in [2.05, 4.69) is 16.4 Å². The standard InChI is InChI=1S/C23H28N6O3S/c1-14(2)28-13-16-11-17(7-8-20(16)33(28,31)32)26-22-21-19(9-10-25-23(21)30)29(27-22)18-6-4-3-5-15(18)12-24/h7-11,14-15,18,31-32H,3-6,13H2,1-2H3,(H,25,30)(H,26,27)/t15-,18+/m1/s1. The molecule has 1 saturated carbocycles. The van der Waals surface area contributed by atoms with Gasteiger partial charge in [-0.25, -0.2) is 0 Å². The Morgan fingerprint density at radius 1 is 1.27 bits per heavy atom. The van der Waals surface area contributed by atoms with Crippen LogP contribution in [0.15, 0.2) is 40.2 Å². The summed E-state index contributed by atoms with van der Waals surface area (Å²) in [6.07, 6.45) is 5.35. The van der Waals surface area contributed by atoms with Crippen LogP contribution in [-0.4, -0.2) is 34.2 Å². The molecule has 1 aromatic carbocycles. The fourth-order valence-electron chi connectivity index (χ4n) is 5.04. The highest BCUT2D eigenvalue weighted by atomic mass is 32.3. The van der Waals surface area contributed by atoms with Crippen LogP contribution in [0.5, 0.6) is 0 Å². The lowest BCUT2D eigenvalue weighted by Crippen LogP contribution is -2.28. The SMILES string of the molecule is CC(C)N1Cc2cc(Nc3nn([C@H]4CCCC[C@@H]4C#N)c4cc[nH]c(=O)c34)ccc2S1(O)O. The minimum absolute atomic E-state index is 0.0133. The monoisotopic (exact) mass is 468 g/mol. The van der Waals surface area contributed by atoms with E-state index in [0.717, 1.165) is 31.2 Å². The smallest absolute Gasteiger partial charge is 0.261 e. The number of hydrogen-bond donors (Lipinski definition) is 4. The molecule has 0 saturated heterocycles. The Kier molecular flexibility index (Phi) is 5.45. The van der Waals surface area contributed by atoms with Gasteiger partial charge in [0.25, 0.3) is 5.56 Å². The number of nitrogens with zero attached hydrogens (tertiary/aromatic N) is 4. The van der Waals surface area contributed by atoms with E-state index in [-0.39, 0.29) is 23.6 Å². The molecule has 2 aromatic heterocycles. The average Bonchev–Trinajstić information content (AvgIpc) is 3.29. The maximum atomic E-state index is 12.7. The molecular formula is C23H28N6O3S. The molecule has 0 spiro atoms. The third-order valence-electron chi connectivity index (χ3n) is 6.69. The molecule has 3 aromatic rings. The highest BCUT2D eigenvalue weighted by Crippen LogP contribution is 2.59. The van der Waals surface area contributed by atoms with Crippen LogP contribution in [0.3, 0.4) is 0 Å². The van der Waals surface area contributed by atoms with Gasteiger partial charge in [-0.2, -0.15) is 14.7 Å². The Labute approximate surface area is 193 Å². The number of anilines is 2. The van der Waals surface area contributed by atoms with Crippen molar-refractivity contribution in [2.75, 3.05) is 5.32 Å².